The van der Waals surface area contributed by atoms with Gasteiger partial charge < -0.3 is 10.8 Å². The first kappa shape index (κ1) is 18.2. The first-order valence-electron chi connectivity index (χ1n) is 6.59. The summed E-state index contributed by atoms with van der Waals surface area (Å²) in [5.74, 6) is 0. The highest BCUT2D eigenvalue weighted by atomic mass is 79.9. The third-order valence-corrected chi connectivity index (χ3v) is 5.00. The van der Waals surface area contributed by atoms with Gasteiger partial charge in [-0.25, -0.2) is 0 Å². The Labute approximate surface area is 143 Å². The molecule has 0 aliphatic heterocycles. The van der Waals surface area contributed by atoms with Crippen LogP contribution in [0.25, 0.3) is 0 Å². The van der Waals surface area contributed by atoms with Crippen LogP contribution in [0.5, 0.6) is 0 Å². The maximum atomic E-state index is 9.56. The zero-order chi connectivity index (χ0) is 14.0. The minimum absolute atomic E-state index is 0. The lowest BCUT2D eigenvalue weighted by atomic mass is 9.92. The molecule has 1 aromatic rings. The molecule has 0 unspecified atom stereocenters. The first-order valence-corrected chi connectivity index (χ1v) is 8.17. The van der Waals surface area contributed by atoms with E-state index >= 15 is 0 Å². The topological polar surface area (TPSA) is 49.5 Å². The quantitative estimate of drug-likeness (QED) is 0.717. The van der Waals surface area contributed by atoms with Gasteiger partial charge in [0.25, 0.3) is 0 Å². The van der Waals surface area contributed by atoms with Crippen molar-refractivity contribution in [2.45, 2.75) is 44.4 Å². The Bertz CT molecular complexity index is 451. The summed E-state index contributed by atoms with van der Waals surface area (Å²) in [5, 5.41) is 9.56. The zero-order valence-electron chi connectivity index (χ0n) is 11.5. The lowest BCUT2D eigenvalue weighted by Gasteiger charge is -2.33. The van der Waals surface area contributed by atoms with E-state index in [1.54, 1.807) is 0 Å². The second kappa shape index (κ2) is 7.99. The lowest BCUT2D eigenvalue weighted by Crippen LogP contribution is -2.36. The molecule has 0 heterocycles. The highest BCUT2D eigenvalue weighted by Gasteiger charge is 2.23. The van der Waals surface area contributed by atoms with Gasteiger partial charge in [0, 0.05) is 21.5 Å². The van der Waals surface area contributed by atoms with Gasteiger partial charge in [0.05, 0.1) is 11.8 Å². The molecule has 1 aliphatic carbocycles. The molecule has 0 aromatic heterocycles. The lowest BCUT2D eigenvalue weighted by molar-refractivity contribution is 0.0818. The average molecular weight is 429 g/mol. The molecular formula is C14H21Br2ClN2O. The number of halogens is 3. The molecule has 0 spiro atoms. The molecule has 3 N–H and O–H groups in total. The summed E-state index contributed by atoms with van der Waals surface area (Å²) in [6, 6.07) is 4.59. The maximum absolute atomic E-state index is 9.56. The first-order chi connectivity index (χ1) is 8.97. The number of nitrogens with zero attached hydrogens (tertiary/aromatic N) is 1. The Morgan fingerprint density at radius 1 is 1.25 bits per heavy atom. The van der Waals surface area contributed by atoms with E-state index < -0.39 is 0 Å². The van der Waals surface area contributed by atoms with Gasteiger partial charge in [0.1, 0.15) is 0 Å². The van der Waals surface area contributed by atoms with Crippen molar-refractivity contribution < 1.29 is 5.11 Å². The standard InChI is InChI=1S/C14H20Br2N2O.ClH/c1-18(11-2-4-12(19)5-3-11)8-9-6-10(15)7-13(16)14(9)17;/h6-7,11-12,19H,2-5,8,17H2,1H3;1H. The van der Waals surface area contributed by atoms with Crippen molar-refractivity contribution in [3.05, 3.63) is 26.6 Å². The summed E-state index contributed by atoms with van der Waals surface area (Å²) in [6.07, 6.45) is 3.84. The molecule has 0 saturated heterocycles. The highest BCUT2D eigenvalue weighted by Crippen LogP contribution is 2.30. The number of nitrogens with two attached hydrogens (primary N) is 1. The molecule has 0 atom stereocenters. The van der Waals surface area contributed by atoms with Crippen LogP contribution in [0.3, 0.4) is 0 Å². The van der Waals surface area contributed by atoms with Crippen LogP contribution in [0.1, 0.15) is 31.2 Å². The SMILES string of the molecule is CN(Cc1cc(Br)cc(Br)c1N)C1CCC(O)CC1.Cl. The van der Waals surface area contributed by atoms with E-state index in [2.05, 4.69) is 49.9 Å². The second-order valence-corrected chi connectivity index (χ2v) is 7.11. The van der Waals surface area contributed by atoms with Crippen molar-refractivity contribution in [2.75, 3.05) is 12.8 Å². The molecule has 20 heavy (non-hydrogen) atoms. The number of aliphatic hydroxyl groups excluding tert-OH is 1. The van der Waals surface area contributed by atoms with E-state index in [1.807, 2.05) is 6.07 Å². The summed E-state index contributed by atoms with van der Waals surface area (Å²) < 4.78 is 1.97. The average Bonchev–Trinajstić information content (AvgIpc) is 2.36. The summed E-state index contributed by atoms with van der Waals surface area (Å²) in [5.41, 5.74) is 8.06. The normalized spacial score (nSPS) is 22.6. The predicted octanol–water partition coefficient (Wildman–Crippen LogP) is 3.95. The van der Waals surface area contributed by atoms with Gasteiger partial charge in [-0.1, -0.05) is 15.9 Å². The third kappa shape index (κ3) is 4.60. The van der Waals surface area contributed by atoms with Crippen LogP contribution in [0.2, 0.25) is 0 Å². The van der Waals surface area contributed by atoms with Crippen LogP contribution in [0.15, 0.2) is 21.1 Å². The Hall–Kier alpha value is 0.190. The number of rotatable bonds is 3. The molecule has 1 saturated carbocycles. The van der Waals surface area contributed by atoms with Crippen molar-refractivity contribution in [3.63, 3.8) is 0 Å². The molecular weight excluding hydrogens is 407 g/mol. The molecule has 114 valence electrons. The van der Waals surface area contributed by atoms with E-state index in [-0.39, 0.29) is 18.5 Å². The molecule has 1 aromatic carbocycles. The molecule has 1 fully saturated rings. The van der Waals surface area contributed by atoms with Gasteiger partial charge in [0.15, 0.2) is 0 Å². The van der Waals surface area contributed by atoms with Crippen LogP contribution in [-0.2, 0) is 6.54 Å². The van der Waals surface area contributed by atoms with Crippen molar-refractivity contribution >= 4 is 50.0 Å². The smallest absolute Gasteiger partial charge is 0.0541 e. The van der Waals surface area contributed by atoms with Crippen LogP contribution in [0.4, 0.5) is 5.69 Å². The van der Waals surface area contributed by atoms with E-state index in [0.29, 0.717) is 6.04 Å². The van der Waals surface area contributed by atoms with Gasteiger partial charge in [-0.15, -0.1) is 12.4 Å². The van der Waals surface area contributed by atoms with E-state index in [1.165, 1.54) is 0 Å². The maximum Gasteiger partial charge on any atom is 0.0541 e. The molecule has 0 radical (unpaired) electrons. The van der Waals surface area contributed by atoms with Gasteiger partial charge in [-0.05, 0) is 66.4 Å². The van der Waals surface area contributed by atoms with Gasteiger partial charge in [-0.3, -0.25) is 4.90 Å². The van der Waals surface area contributed by atoms with E-state index in [0.717, 1.165) is 52.4 Å². The minimum Gasteiger partial charge on any atom is -0.398 e. The largest absolute Gasteiger partial charge is 0.398 e. The van der Waals surface area contributed by atoms with Crippen LogP contribution in [-0.4, -0.2) is 29.2 Å². The molecule has 0 bridgehead atoms. The summed E-state index contributed by atoms with van der Waals surface area (Å²) in [6.45, 7) is 0.838. The Balaban J connectivity index is 0.00000200. The van der Waals surface area contributed by atoms with E-state index in [4.69, 9.17) is 5.73 Å². The Morgan fingerprint density at radius 3 is 2.45 bits per heavy atom. The monoisotopic (exact) mass is 426 g/mol. The van der Waals surface area contributed by atoms with Crippen LogP contribution in [0, 0.1) is 0 Å². The number of nitrogen functional groups attached to an aromatic ring is 1. The summed E-state index contributed by atoms with van der Waals surface area (Å²) >= 11 is 6.99. The Kier molecular flexibility index (Phi) is 7.29. The van der Waals surface area contributed by atoms with Crippen molar-refractivity contribution in [2.24, 2.45) is 0 Å². The fourth-order valence-corrected chi connectivity index (χ4v) is 3.98. The fourth-order valence-electron chi connectivity index (χ4n) is 2.67. The van der Waals surface area contributed by atoms with Gasteiger partial charge in [0.2, 0.25) is 0 Å². The molecule has 1 aliphatic rings. The summed E-state index contributed by atoms with van der Waals surface area (Å²) in [4.78, 5) is 2.34. The fraction of sp³-hybridized carbons (Fsp3) is 0.571. The predicted molar refractivity (Wildman–Crippen MR) is 93.2 cm³/mol. The van der Waals surface area contributed by atoms with Crippen LogP contribution < -0.4 is 5.73 Å². The molecule has 3 nitrogen and oxygen atoms in total. The molecule has 2 rings (SSSR count). The highest BCUT2D eigenvalue weighted by molar-refractivity contribution is 9.11. The van der Waals surface area contributed by atoms with Gasteiger partial charge in [-0.2, -0.15) is 0 Å². The second-order valence-electron chi connectivity index (χ2n) is 5.34. The summed E-state index contributed by atoms with van der Waals surface area (Å²) in [7, 11) is 2.14. The Morgan fingerprint density at radius 2 is 1.85 bits per heavy atom. The number of hydrogen-bond donors (Lipinski definition) is 2. The van der Waals surface area contributed by atoms with Crippen molar-refractivity contribution in [1.82, 2.24) is 4.90 Å². The van der Waals surface area contributed by atoms with Crippen LogP contribution >= 0.6 is 44.3 Å². The third-order valence-electron chi connectivity index (χ3n) is 3.89. The number of anilines is 1. The zero-order valence-corrected chi connectivity index (χ0v) is 15.5. The molecule has 6 heteroatoms. The number of aliphatic hydroxyl groups is 1. The minimum atomic E-state index is -0.102. The van der Waals surface area contributed by atoms with Crippen molar-refractivity contribution in [1.29, 1.82) is 0 Å². The molecule has 0 amide bonds. The number of benzene rings is 1. The number of hydrogen-bond acceptors (Lipinski definition) is 3. The van der Waals surface area contributed by atoms with Crippen molar-refractivity contribution in [3.8, 4) is 0 Å². The van der Waals surface area contributed by atoms with Gasteiger partial charge >= 0.3 is 0 Å². The van der Waals surface area contributed by atoms with E-state index in [9.17, 15) is 5.11 Å².